The van der Waals surface area contributed by atoms with E-state index in [4.69, 9.17) is 18.5 Å². The van der Waals surface area contributed by atoms with Gasteiger partial charge in [-0.2, -0.15) is 0 Å². The SMILES string of the molecule is CCCCCCCCCCCCCCCCC(=O)O[C@H](COC(=O)CCC/C=C\C/C=C\C/C=C\C=C\[C@H](O)CCCCC)COP(=O)(O)OCC[N+](C)(C)C. The fraction of sp³-hybridized carbons (Fsp3) is 0.778. The van der Waals surface area contributed by atoms with Gasteiger partial charge in [0.2, 0.25) is 0 Å². The second-order valence-electron chi connectivity index (χ2n) is 15.9. The predicted molar refractivity (Wildman–Crippen MR) is 230 cm³/mol. The van der Waals surface area contributed by atoms with Gasteiger partial charge in [0.1, 0.15) is 19.8 Å². The Kier molecular flexibility index (Phi) is 35.8. The summed E-state index contributed by atoms with van der Waals surface area (Å²) in [6.45, 7) is 4.22. The van der Waals surface area contributed by atoms with Gasteiger partial charge in [-0.25, -0.2) is 4.57 Å². The standard InChI is InChI=1S/C45H82NO9P/c1-6-8-10-11-12-13-14-15-16-19-23-26-29-33-37-45(49)55-43(41-54-56(50,51)53-39-38-46(3,4)5)40-52-44(48)36-32-28-25-22-20-17-18-21-24-27-31-35-42(47)34-30-9-7-2/h17-18,22,24-25,27,31,35,42-43,47H,6-16,19-21,23,26,28-30,32-34,36-41H2,1-5H3/p+1/b18-17-,25-22-,27-24-,35-31+/t42-,43-/m1/s1. The van der Waals surface area contributed by atoms with Crippen molar-refractivity contribution in [3.8, 4) is 0 Å². The molecule has 0 spiro atoms. The van der Waals surface area contributed by atoms with E-state index >= 15 is 0 Å². The third-order valence-electron chi connectivity index (χ3n) is 9.22. The van der Waals surface area contributed by atoms with E-state index in [2.05, 4.69) is 32.1 Å². The minimum absolute atomic E-state index is 0.0154. The number of likely N-dealkylation sites (N-methyl/N-ethyl adjacent to an activating group) is 1. The molecule has 56 heavy (non-hydrogen) atoms. The highest BCUT2D eigenvalue weighted by Crippen LogP contribution is 2.43. The van der Waals surface area contributed by atoms with Gasteiger partial charge in [0, 0.05) is 12.8 Å². The summed E-state index contributed by atoms with van der Waals surface area (Å²) in [5.41, 5.74) is 0. The first kappa shape index (κ1) is 53.9. The van der Waals surface area contributed by atoms with Gasteiger partial charge in [-0.3, -0.25) is 18.6 Å². The molecule has 0 saturated carbocycles. The number of aliphatic hydroxyl groups excluding tert-OH is 1. The molecule has 10 nitrogen and oxygen atoms in total. The minimum Gasteiger partial charge on any atom is -0.462 e. The lowest BCUT2D eigenvalue weighted by Crippen LogP contribution is -2.37. The summed E-state index contributed by atoms with van der Waals surface area (Å²) in [4.78, 5) is 35.3. The van der Waals surface area contributed by atoms with E-state index < -0.39 is 32.5 Å². The number of phosphoric ester groups is 1. The Hall–Kier alpha value is -2.07. The maximum absolute atomic E-state index is 12.7. The number of carbonyl (C=O) groups excluding carboxylic acids is 2. The van der Waals surface area contributed by atoms with Gasteiger partial charge in [0.15, 0.2) is 6.10 Å². The lowest BCUT2D eigenvalue weighted by molar-refractivity contribution is -0.870. The van der Waals surface area contributed by atoms with Gasteiger partial charge in [-0.15, -0.1) is 0 Å². The molecule has 0 bridgehead atoms. The minimum atomic E-state index is -4.39. The molecule has 326 valence electrons. The zero-order valence-corrected chi connectivity index (χ0v) is 37.1. The summed E-state index contributed by atoms with van der Waals surface area (Å²) in [5.74, 6) is -0.889. The Bertz CT molecular complexity index is 1120. The third kappa shape index (κ3) is 40.1. The van der Waals surface area contributed by atoms with E-state index in [1.165, 1.54) is 64.2 Å². The molecule has 0 fully saturated rings. The third-order valence-corrected chi connectivity index (χ3v) is 10.2. The number of unbranched alkanes of at least 4 members (excludes halogenated alkanes) is 16. The number of phosphoric acid groups is 1. The Morgan fingerprint density at radius 1 is 0.643 bits per heavy atom. The molecule has 0 radical (unpaired) electrons. The van der Waals surface area contributed by atoms with Crippen molar-refractivity contribution < 1.29 is 47.2 Å². The highest BCUT2D eigenvalue weighted by molar-refractivity contribution is 7.47. The molecular weight excluding hydrogens is 729 g/mol. The first-order valence-electron chi connectivity index (χ1n) is 22.0. The Morgan fingerprint density at radius 2 is 1.18 bits per heavy atom. The molecule has 0 aromatic carbocycles. The van der Waals surface area contributed by atoms with Gasteiger partial charge < -0.3 is 24.0 Å². The maximum atomic E-state index is 12.7. The van der Waals surface area contributed by atoms with Crippen molar-refractivity contribution in [2.75, 3.05) is 47.5 Å². The molecule has 0 aromatic heterocycles. The van der Waals surface area contributed by atoms with Crippen LogP contribution in [-0.2, 0) is 32.7 Å². The Labute approximate surface area is 342 Å². The van der Waals surface area contributed by atoms with Crippen LogP contribution in [0.15, 0.2) is 48.6 Å². The number of quaternary nitrogens is 1. The van der Waals surface area contributed by atoms with Crippen LogP contribution in [-0.4, -0.2) is 86.1 Å². The molecule has 0 heterocycles. The van der Waals surface area contributed by atoms with Crippen LogP contribution < -0.4 is 0 Å². The van der Waals surface area contributed by atoms with Crippen molar-refractivity contribution in [1.29, 1.82) is 0 Å². The van der Waals surface area contributed by atoms with Crippen molar-refractivity contribution >= 4 is 19.8 Å². The van der Waals surface area contributed by atoms with E-state index in [1.54, 1.807) is 0 Å². The average molecular weight is 813 g/mol. The fourth-order valence-electron chi connectivity index (χ4n) is 5.70. The average Bonchev–Trinajstić information content (AvgIpc) is 3.14. The number of nitrogens with zero attached hydrogens (tertiary/aromatic N) is 1. The highest BCUT2D eigenvalue weighted by atomic mass is 31.2. The molecule has 0 rings (SSSR count). The van der Waals surface area contributed by atoms with Crippen LogP contribution >= 0.6 is 7.82 Å². The molecule has 1 unspecified atom stereocenters. The lowest BCUT2D eigenvalue weighted by atomic mass is 10.0. The number of hydrogen-bond donors (Lipinski definition) is 2. The van der Waals surface area contributed by atoms with Crippen LogP contribution in [0.3, 0.4) is 0 Å². The lowest BCUT2D eigenvalue weighted by Gasteiger charge is -2.24. The topological polar surface area (TPSA) is 129 Å². The van der Waals surface area contributed by atoms with Crippen LogP contribution in [0.1, 0.15) is 168 Å². The number of rotatable bonds is 39. The summed E-state index contributed by atoms with van der Waals surface area (Å²) in [6.07, 6.45) is 39.2. The quantitative estimate of drug-likeness (QED) is 0.0156. The zero-order chi connectivity index (χ0) is 41.6. The van der Waals surface area contributed by atoms with Crippen LogP contribution in [0, 0.1) is 0 Å². The smallest absolute Gasteiger partial charge is 0.462 e. The Morgan fingerprint density at radius 3 is 1.79 bits per heavy atom. The first-order valence-corrected chi connectivity index (χ1v) is 23.5. The first-order chi connectivity index (χ1) is 26.9. The largest absolute Gasteiger partial charge is 0.472 e. The van der Waals surface area contributed by atoms with Crippen molar-refractivity contribution in [1.82, 2.24) is 0 Å². The monoisotopic (exact) mass is 813 g/mol. The van der Waals surface area contributed by atoms with Crippen LogP contribution in [0.5, 0.6) is 0 Å². The molecule has 0 aliphatic carbocycles. The number of ether oxygens (including phenoxy) is 2. The fourth-order valence-corrected chi connectivity index (χ4v) is 6.45. The van der Waals surface area contributed by atoms with Crippen molar-refractivity contribution in [2.45, 2.75) is 180 Å². The highest BCUT2D eigenvalue weighted by Gasteiger charge is 2.27. The second kappa shape index (κ2) is 37.2. The van der Waals surface area contributed by atoms with Gasteiger partial charge in [-0.05, 0) is 38.5 Å². The number of allylic oxidation sites excluding steroid dienone is 7. The number of hydrogen-bond acceptors (Lipinski definition) is 8. The molecule has 0 saturated heterocycles. The van der Waals surface area contributed by atoms with Crippen LogP contribution in [0.4, 0.5) is 0 Å². The van der Waals surface area contributed by atoms with Gasteiger partial charge in [-0.1, -0.05) is 165 Å². The molecular formula is C45H83NO9P+. The molecule has 3 atom stereocenters. The van der Waals surface area contributed by atoms with E-state index in [1.807, 2.05) is 51.5 Å². The number of esters is 2. The van der Waals surface area contributed by atoms with E-state index in [0.29, 0.717) is 30.3 Å². The van der Waals surface area contributed by atoms with Gasteiger partial charge in [0.05, 0.1) is 33.9 Å². The Balaban J connectivity index is 4.49. The molecule has 11 heteroatoms. The zero-order valence-electron chi connectivity index (χ0n) is 36.2. The van der Waals surface area contributed by atoms with Crippen molar-refractivity contribution in [3.63, 3.8) is 0 Å². The molecule has 0 aliphatic rings. The summed E-state index contributed by atoms with van der Waals surface area (Å²) in [7, 11) is 1.42. The summed E-state index contributed by atoms with van der Waals surface area (Å²) >= 11 is 0. The van der Waals surface area contributed by atoms with Crippen molar-refractivity contribution in [3.05, 3.63) is 48.6 Å². The van der Waals surface area contributed by atoms with Crippen LogP contribution in [0.2, 0.25) is 0 Å². The van der Waals surface area contributed by atoms with Gasteiger partial charge >= 0.3 is 19.8 Å². The maximum Gasteiger partial charge on any atom is 0.472 e. The molecule has 0 aromatic rings. The molecule has 2 N–H and O–H groups in total. The summed E-state index contributed by atoms with van der Waals surface area (Å²) in [6, 6.07) is 0. The van der Waals surface area contributed by atoms with E-state index in [-0.39, 0.29) is 32.2 Å². The molecule has 0 amide bonds. The van der Waals surface area contributed by atoms with Gasteiger partial charge in [0.25, 0.3) is 0 Å². The molecule has 0 aliphatic heterocycles. The second-order valence-corrected chi connectivity index (χ2v) is 17.4. The number of aliphatic hydroxyl groups is 1. The van der Waals surface area contributed by atoms with E-state index in [9.17, 15) is 24.2 Å². The number of carbonyl (C=O) groups is 2. The summed E-state index contributed by atoms with van der Waals surface area (Å²) < 4.78 is 34.2. The summed E-state index contributed by atoms with van der Waals surface area (Å²) in [5, 5.41) is 9.90. The predicted octanol–water partition coefficient (Wildman–Crippen LogP) is 11.3. The van der Waals surface area contributed by atoms with Crippen molar-refractivity contribution in [2.24, 2.45) is 0 Å². The van der Waals surface area contributed by atoms with E-state index in [0.717, 1.165) is 57.8 Å². The van der Waals surface area contributed by atoms with Crippen LogP contribution in [0.25, 0.3) is 0 Å². The normalized spacial score (nSPS) is 14.6.